The van der Waals surface area contributed by atoms with Crippen molar-refractivity contribution in [1.29, 1.82) is 0 Å². The van der Waals surface area contributed by atoms with E-state index in [1.165, 1.54) is 5.69 Å². The van der Waals surface area contributed by atoms with Crippen molar-refractivity contribution < 1.29 is 4.74 Å². The molecule has 1 aromatic carbocycles. The predicted molar refractivity (Wildman–Crippen MR) is 107 cm³/mol. The van der Waals surface area contributed by atoms with Gasteiger partial charge in [-0.25, -0.2) is 9.97 Å². The van der Waals surface area contributed by atoms with Gasteiger partial charge in [-0.2, -0.15) is 0 Å². The number of hydrogen-bond acceptors (Lipinski definition) is 8. The Bertz CT molecular complexity index is 919. The number of fused-ring (bicyclic) bond motifs is 1. The Kier molecular flexibility index (Phi) is 5.18. The van der Waals surface area contributed by atoms with Crippen LogP contribution in [0.5, 0.6) is 5.88 Å². The Morgan fingerprint density at radius 1 is 1.11 bits per heavy atom. The molecule has 8 heteroatoms. The third-order valence-corrected chi connectivity index (χ3v) is 5.42. The van der Waals surface area contributed by atoms with Crippen molar-refractivity contribution >= 4 is 27.9 Å². The summed E-state index contributed by atoms with van der Waals surface area (Å²) in [4.78, 5) is 13.5. The van der Waals surface area contributed by atoms with Crippen LogP contribution in [-0.2, 0) is 6.54 Å². The zero-order valence-corrected chi connectivity index (χ0v) is 16.7. The summed E-state index contributed by atoms with van der Waals surface area (Å²) in [6, 6.07) is 6.34. The van der Waals surface area contributed by atoms with Crippen molar-refractivity contribution in [2.45, 2.75) is 33.4 Å². The number of aryl methyl sites for hydroxylation is 1. The highest BCUT2D eigenvalue weighted by molar-refractivity contribution is 7.11. The molecular weight excluding hydrogens is 360 g/mol. The highest BCUT2D eigenvalue weighted by Crippen LogP contribution is 2.28. The van der Waals surface area contributed by atoms with E-state index in [4.69, 9.17) is 4.74 Å². The van der Waals surface area contributed by atoms with Crippen LogP contribution in [0.2, 0.25) is 0 Å². The minimum atomic E-state index is 0.0827. The second kappa shape index (κ2) is 7.74. The molecule has 142 valence electrons. The number of rotatable bonds is 5. The van der Waals surface area contributed by atoms with Gasteiger partial charge in [0.05, 0.1) is 23.6 Å². The SMILES string of the molecule is Cc1nnc(CN2CCN(c3ccc4ncnc(OC(C)C)c4c3)CC2)s1. The molecule has 1 fully saturated rings. The van der Waals surface area contributed by atoms with E-state index in [1.807, 2.05) is 20.8 Å². The summed E-state index contributed by atoms with van der Waals surface area (Å²) in [5.41, 5.74) is 2.10. The Labute approximate surface area is 163 Å². The van der Waals surface area contributed by atoms with E-state index >= 15 is 0 Å². The Balaban J connectivity index is 1.47. The van der Waals surface area contributed by atoms with Crippen LogP contribution in [0.4, 0.5) is 5.69 Å². The van der Waals surface area contributed by atoms with Gasteiger partial charge in [0.25, 0.3) is 0 Å². The molecule has 0 bridgehead atoms. The van der Waals surface area contributed by atoms with Crippen molar-refractivity contribution in [3.05, 3.63) is 34.5 Å². The van der Waals surface area contributed by atoms with Crippen LogP contribution in [0.15, 0.2) is 24.5 Å². The molecule has 7 nitrogen and oxygen atoms in total. The lowest BCUT2D eigenvalue weighted by atomic mass is 10.2. The Morgan fingerprint density at radius 3 is 2.63 bits per heavy atom. The molecule has 0 radical (unpaired) electrons. The first-order chi connectivity index (χ1) is 13.1. The molecule has 3 aromatic rings. The van der Waals surface area contributed by atoms with Crippen LogP contribution >= 0.6 is 11.3 Å². The Hall–Kier alpha value is -2.32. The topological polar surface area (TPSA) is 67.3 Å². The first kappa shape index (κ1) is 18.1. The summed E-state index contributed by atoms with van der Waals surface area (Å²) in [5.74, 6) is 0.655. The summed E-state index contributed by atoms with van der Waals surface area (Å²) in [6.45, 7) is 10.9. The second-order valence-corrected chi connectivity index (χ2v) is 8.29. The number of aromatic nitrogens is 4. The highest BCUT2D eigenvalue weighted by atomic mass is 32.1. The fourth-order valence-electron chi connectivity index (χ4n) is 3.29. The van der Waals surface area contributed by atoms with Crippen LogP contribution < -0.4 is 9.64 Å². The maximum Gasteiger partial charge on any atom is 0.224 e. The number of piperazine rings is 1. The van der Waals surface area contributed by atoms with Crippen molar-refractivity contribution in [1.82, 2.24) is 25.1 Å². The lowest BCUT2D eigenvalue weighted by Gasteiger charge is -2.35. The summed E-state index contributed by atoms with van der Waals surface area (Å²) in [6.07, 6.45) is 1.65. The molecule has 0 atom stereocenters. The van der Waals surface area contributed by atoms with Gasteiger partial charge in [0.1, 0.15) is 16.3 Å². The molecule has 27 heavy (non-hydrogen) atoms. The van der Waals surface area contributed by atoms with Crippen molar-refractivity contribution in [2.75, 3.05) is 31.1 Å². The molecular formula is C19H24N6OS. The van der Waals surface area contributed by atoms with Gasteiger partial charge in [-0.05, 0) is 39.0 Å². The number of hydrogen-bond donors (Lipinski definition) is 0. The van der Waals surface area contributed by atoms with E-state index < -0.39 is 0 Å². The first-order valence-electron chi connectivity index (χ1n) is 9.26. The maximum absolute atomic E-state index is 5.87. The highest BCUT2D eigenvalue weighted by Gasteiger charge is 2.19. The van der Waals surface area contributed by atoms with Gasteiger partial charge in [-0.1, -0.05) is 0 Å². The van der Waals surface area contributed by atoms with Gasteiger partial charge in [0, 0.05) is 31.9 Å². The molecule has 0 saturated carbocycles. The largest absolute Gasteiger partial charge is 0.474 e. The monoisotopic (exact) mass is 384 g/mol. The normalized spacial score (nSPS) is 15.6. The molecule has 1 aliphatic heterocycles. The lowest BCUT2D eigenvalue weighted by Crippen LogP contribution is -2.45. The van der Waals surface area contributed by atoms with Gasteiger partial charge in [0.15, 0.2) is 0 Å². The van der Waals surface area contributed by atoms with Crippen molar-refractivity contribution in [2.24, 2.45) is 0 Å². The average Bonchev–Trinajstić information content (AvgIpc) is 3.07. The predicted octanol–water partition coefficient (Wildman–Crippen LogP) is 2.90. The molecule has 4 rings (SSSR count). The lowest BCUT2D eigenvalue weighted by molar-refractivity contribution is 0.235. The molecule has 0 spiro atoms. The van der Waals surface area contributed by atoms with Crippen LogP contribution in [0, 0.1) is 6.92 Å². The van der Waals surface area contributed by atoms with Gasteiger partial charge in [-0.3, -0.25) is 4.90 Å². The van der Waals surface area contributed by atoms with Crippen molar-refractivity contribution in [3.8, 4) is 5.88 Å². The molecule has 2 aromatic heterocycles. The van der Waals surface area contributed by atoms with E-state index in [2.05, 4.69) is 48.2 Å². The van der Waals surface area contributed by atoms with Gasteiger partial charge in [0.2, 0.25) is 5.88 Å². The quantitative estimate of drug-likeness (QED) is 0.670. The summed E-state index contributed by atoms with van der Waals surface area (Å²) in [7, 11) is 0. The van der Waals surface area contributed by atoms with Gasteiger partial charge < -0.3 is 9.64 Å². The van der Waals surface area contributed by atoms with Crippen LogP contribution in [0.25, 0.3) is 10.9 Å². The average molecular weight is 385 g/mol. The van der Waals surface area contributed by atoms with Gasteiger partial charge >= 0.3 is 0 Å². The molecule has 0 amide bonds. The molecule has 1 saturated heterocycles. The summed E-state index contributed by atoms with van der Waals surface area (Å²) >= 11 is 1.68. The van der Waals surface area contributed by atoms with E-state index in [-0.39, 0.29) is 6.10 Å². The standard InChI is InChI=1S/C19H24N6OS/c1-13(2)26-19-16-10-15(4-5-17(16)20-12-21-19)25-8-6-24(7-9-25)11-18-23-22-14(3)27-18/h4-5,10,12-13H,6-9,11H2,1-3H3. The third kappa shape index (κ3) is 4.17. The molecule has 0 aliphatic carbocycles. The van der Waals surface area contributed by atoms with E-state index in [0.717, 1.165) is 53.6 Å². The van der Waals surface area contributed by atoms with Crippen LogP contribution in [0.1, 0.15) is 23.9 Å². The zero-order chi connectivity index (χ0) is 18.8. The van der Waals surface area contributed by atoms with Crippen LogP contribution in [-0.4, -0.2) is 57.3 Å². The number of ether oxygens (including phenoxy) is 1. The van der Waals surface area contributed by atoms with E-state index in [1.54, 1.807) is 17.7 Å². The Morgan fingerprint density at radius 2 is 1.93 bits per heavy atom. The maximum atomic E-state index is 5.87. The first-order valence-corrected chi connectivity index (χ1v) is 10.1. The minimum Gasteiger partial charge on any atom is -0.474 e. The smallest absolute Gasteiger partial charge is 0.224 e. The molecule has 3 heterocycles. The zero-order valence-electron chi connectivity index (χ0n) is 15.9. The molecule has 0 unspecified atom stereocenters. The molecule has 1 aliphatic rings. The number of nitrogens with zero attached hydrogens (tertiary/aromatic N) is 6. The third-order valence-electron chi connectivity index (χ3n) is 4.59. The van der Waals surface area contributed by atoms with Crippen LogP contribution in [0.3, 0.4) is 0 Å². The second-order valence-electron chi connectivity index (χ2n) is 7.02. The van der Waals surface area contributed by atoms with Gasteiger partial charge in [-0.15, -0.1) is 21.5 Å². The molecule has 0 N–H and O–H groups in total. The number of anilines is 1. The summed E-state index contributed by atoms with van der Waals surface area (Å²) < 4.78 is 5.87. The van der Waals surface area contributed by atoms with E-state index in [9.17, 15) is 0 Å². The summed E-state index contributed by atoms with van der Waals surface area (Å²) in [5, 5.41) is 11.4. The van der Waals surface area contributed by atoms with E-state index in [0.29, 0.717) is 5.88 Å². The van der Waals surface area contributed by atoms with Crippen molar-refractivity contribution in [3.63, 3.8) is 0 Å². The fraction of sp³-hybridized carbons (Fsp3) is 0.474. The fourth-order valence-corrected chi connectivity index (χ4v) is 4.04. The minimum absolute atomic E-state index is 0.0827. The number of benzene rings is 1.